The van der Waals surface area contributed by atoms with Gasteiger partial charge in [0, 0.05) is 11.9 Å². The van der Waals surface area contributed by atoms with Crippen LogP contribution in [-0.2, 0) is 25.7 Å². The molecule has 0 aliphatic carbocycles. The van der Waals surface area contributed by atoms with Crippen LogP contribution < -0.4 is 10.5 Å². The normalized spacial score (nSPS) is 11.7. The van der Waals surface area contributed by atoms with Crippen molar-refractivity contribution >= 4 is 11.3 Å². The minimum Gasteiger partial charge on any atom is -0.487 e. The molecule has 2 rings (SSSR count). The van der Waals surface area contributed by atoms with Gasteiger partial charge in [0.15, 0.2) is 0 Å². The molecule has 3 nitrogen and oxygen atoms in total. The van der Waals surface area contributed by atoms with Crippen molar-refractivity contribution in [3.63, 3.8) is 0 Å². The van der Waals surface area contributed by atoms with Crippen LogP contribution >= 0.6 is 11.3 Å². The van der Waals surface area contributed by atoms with Gasteiger partial charge in [-0.3, -0.25) is 0 Å². The number of aryl methyl sites for hydroxylation is 1. The Morgan fingerprint density at radius 3 is 2.67 bits per heavy atom. The minimum absolute atomic E-state index is 0.0154. The second kappa shape index (κ2) is 6.44. The molecule has 0 atom stereocenters. The van der Waals surface area contributed by atoms with Crippen LogP contribution in [0.4, 0.5) is 13.2 Å². The molecule has 0 unspecified atom stereocenters. The summed E-state index contributed by atoms with van der Waals surface area (Å²) in [6, 6.07) is 3.86. The fourth-order valence-corrected chi connectivity index (χ4v) is 2.51. The average molecular weight is 316 g/mol. The fraction of sp³-hybridized carbons (Fsp3) is 0.357. The van der Waals surface area contributed by atoms with Gasteiger partial charge < -0.3 is 10.5 Å². The van der Waals surface area contributed by atoms with Crippen molar-refractivity contribution in [3.05, 3.63) is 45.4 Å². The van der Waals surface area contributed by atoms with E-state index in [2.05, 4.69) is 4.98 Å². The number of alkyl halides is 3. The third-order valence-corrected chi connectivity index (χ3v) is 3.90. The van der Waals surface area contributed by atoms with Gasteiger partial charge in [-0.15, -0.1) is 11.3 Å². The Bertz CT molecular complexity index is 611. The van der Waals surface area contributed by atoms with E-state index in [9.17, 15) is 13.2 Å². The highest BCUT2D eigenvalue weighted by atomic mass is 32.1. The Hall–Kier alpha value is -1.60. The quantitative estimate of drug-likeness (QED) is 0.913. The third kappa shape index (κ3) is 3.95. The first-order valence-electron chi connectivity index (χ1n) is 6.40. The summed E-state index contributed by atoms with van der Waals surface area (Å²) < 4.78 is 44.3. The molecular weight excluding hydrogens is 301 g/mol. The predicted molar refractivity (Wildman–Crippen MR) is 75.2 cm³/mol. The first-order chi connectivity index (χ1) is 9.94. The molecule has 1 aromatic carbocycles. The van der Waals surface area contributed by atoms with Crippen molar-refractivity contribution in [2.45, 2.75) is 32.7 Å². The molecule has 0 aliphatic rings. The number of hydrogen-bond acceptors (Lipinski definition) is 4. The molecule has 0 saturated carbocycles. The average Bonchev–Trinajstić information content (AvgIpc) is 2.92. The zero-order valence-corrected chi connectivity index (χ0v) is 12.2. The van der Waals surface area contributed by atoms with E-state index >= 15 is 0 Å². The van der Waals surface area contributed by atoms with Crippen LogP contribution in [0.15, 0.2) is 23.6 Å². The number of hydrogen-bond donors (Lipinski definition) is 1. The summed E-state index contributed by atoms with van der Waals surface area (Å²) in [5.74, 6) is -0.203. The lowest BCUT2D eigenvalue weighted by Gasteiger charge is -2.14. The van der Waals surface area contributed by atoms with E-state index < -0.39 is 11.7 Å². The van der Waals surface area contributed by atoms with Gasteiger partial charge in [-0.25, -0.2) is 4.98 Å². The summed E-state index contributed by atoms with van der Waals surface area (Å²) in [5.41, 5.74) is 5.62. The largest absolute Gasteiger partial charge is 0.487 e. The van der Waals surface area contributed by atoms with Gasteiger partial charge in [0.25, 0.3) is 0 Å². The highest BCUT2D eigenvalue weighted by molar-refractivity contribution is 7.09. The first kappa shape index (κ1) is 15.8. The number of halogens is 3. The summed E-state index contributed by atoms with van der Waals surface area (Å²) in [5, 5.41) is 2.73. The lowest BCUT2D eigenvalue weighted by molar-refractivity contribution is -0.139. The Morgan fingerprint density at radius 1 is 1.33 bits per heavy atom. The molecule has 2 aromatic rings. The second-order valence-electron chi connectivity index (χ2n) is 4.41. The number of benzene rings is 1. The standard InChI is InChI=1S/C14H15F3N2OS/c1-2-13-19-10(8-21-13)7-20-12-4-3-9(6-18)5-11(12)14(15,16)17/h3-5,8H,2,6-7,18H2,1H3. The van der Waals surface area contributed by atoms with Crippen molar-refractivity contribution in [2.24, 2.45) is 5.73 Å². The molecule has 0 fully saturated rings. The van der Waals surface area contributed by atoms with Gasteiger partial charge in [-0.05, 0) is 24.1 Å². The highest BCUT2D eigenvalue weighted by Crippen LogP contribution is 2.37. The molecule has 0 bridgehead atoms. The van der Waals surface area contributed by atoms with E-state index in [0.717, 1.165) is 17.5 Å². The minimum atomic E-state index is -4.48. The summed E-state index contributed by atoms with van der Waals surface area (Å²) in [7, 11) is 0. The van der Waals surface area contributed by atoms with Gasteiger partial charge in [0.05, 0.1) is 16.3 Å². The van der Waals surface area contributed by atoms with Crippen LogP contribution in [0, 0.1) is 0 Å². The van der Waals surface area contributed by atoms with Gasteiger partial charge in [0.2, 0.25) is 0 Å². The Labute approximate surface area is 124 Å². The number of nitrogens with zero attached hydrogens (tertiary/aromatic N) is 1. The number of rotatable bonds is 5. The molecular formula is C14H15F3N2OS. The van der Waals surface area contributed by atoms with Crippen molar-refractivity contribution in [1.29, 1.82) is 0 Å². The molecule has 114 valence electrons. The van der Waals surface area contributed by atoms with Crippen molar-refractivity contribution in [3.8, 4) is 5.75 Å². The van der Waals surface area contributed by atoms with E-state index in [1.54, 1.807) is 5.38 Å². The molecule has 0 radical (unpaired) electrons. The Morgan fingerprint density at radius 2 is 2.10 bits per heavy atom. The van der Waals surface area contributed by atoms with Gasteiger partial charge in [-0.1, -0.05) is 13.0 Å². The number of thiazole rings is 1. The van der Waals surface area contributed by atoms with E-state index in [-0.39, 0.29) is 18.9 Å². The van der Waals surface area contributed by atoms with Crippen LogP contribution in [-0.4, -0.2) is 4.98 Å². The SMILES string of the molecule is CCc1nc(COc2ccc(CN)cc2C(F)(F)F)cs1. The van der Waals surface area contributed by atoms with E-state index in [0.29, 0.717) is 11.3 Å². The van der Waals surface area contributed by atoms with Crippen molar-refractivity contribution in [2.75, 3.05) is 0 Å². The maximum Gasteiger partial charge on any atom is 0.419 e. The molecule has 1 aromatic heterocycles. The molecule has 21 heavy (non-hydrogen) atoms. The molecule has 0 amide bonds. The van der Waals surface area contributed by atoms with E-state index in [1.165, 1.54) is 23.5 Å². The Balaban J connectivity index is 2.19. The molecule has 0 saturated heterocycles. The molecule has 7 heteroatoms. The first-order valence-corrected chi connectivity index (χ1v) is 7.28. The fourth-order valence-electron chi connectivity index (χ4n) is 1.78. The van der Waals surface area contributed by atoms with Crippen LogP contribution in [0.1, 0.15) is 28.8 Å². The monoisotopic (exact) mass is 316 g/mol. The lowest BCUT2D eigenvalue weighted by atomic mass is 10.1. The maximum absolute atomic E-state index is 13.0. The zero-order chi connectivity index (χ0) is 15.5. The van der Waals surface area contributed by atoms with E-state index in [1.807, 2.05) is 6.92 Å². The summed E-state index contributed by atoms with van der Waals surface area (Å²) in [6.07, 6.45) is -3.68. The van der Waals surface area contributed by atoms with Gasteiger partial charge >= 0.3 is 6.18 Å². The van der Waals surface area contributed by atoms with Crippen molar-refractivity contribution < 1.29 is 17.9 Å². The molecule has 0 spiro atoms. The zero-order valence-electron chi connectivity index (χ0n) is 11.4. The smallest absolute Gasteiger partial charge is 0.419 e. The highest BCUT2D eigenvalue weighted by Gasteiger charge is 2.34. The van der Waals surface area contributed by atoms with E-state index in [4.69, 9.17) is 10.5 Å². The molecule has 1 heterocycles. The number of aromatic nitrogens is 1. The maximum atomic E-state index is 13.0. The lowest BCUT2D eigenvalue weighted by Crippen LogP contribution is -2.10. The predicted octanol–water partition coefficient (Wildman–Crippen LogP) is 3.76. The van der Waals surface area contributed by atoms with Crippen LogP contribution in [0.25, 0.3) is 0 Å². The number of nitrogens with two attached hydrogens (primary N) is 1. The summed E-state index contributed by atoms with van der Waals surface area (Å²) >= 11 is 1.47. The molecule has 2 N–H and O–H groups in total. The van der Waals surface area contributed by atoms with Gasteiger partial charge in [0.1, 0.15) is 12.4 Å². The Kier molecular flexibility index (Phi) is 4.84. The summed E-state index contributed by atoms with van der Waals surface area (Å²) in [6.45, 7) is 2.04. The molecule has 0 aliphatic heterocycles. The second-order valence-corrected chi connectivity index (χ2v) is 5.35. The van der Waals surface area contributed by atoms with Gasteiger partial charge in [-0.2, -0.15) is 13.2 Å². The van der Waals surface area contributed by atoms with Crippen molar-refractivity contribution in [1.82, 2.24) is 4.98 Å². The number of ether oxygens (including phenoxy) is 1. The topological polar surface area (TPSA) is 48.1 Å². The van der Waals surface area contributed by atoms with Crippen LogP contribution in [0.3, 0.4) is 0 Å². The van der Waals surface area contributed by atoms with Crippen LogP contribution in [0.5, 0.6) is 5.75 Å². The third-order valence-electron chi connectivity index (χ3n) is 2.86. The van der Waals surface area contributed by atoms with Crippen LogP contribution in [0.2, 0.25) is 0 Å². The summed E-state index contributed by atoms with van der Waals surface area (Å²) in [4.78, 5) is 4.26.